The number of hydrogen-bond acceptors (Lipinski definition) is 3. The summed E-state index contributed by atoms with van der Waals surface area (Å²) < 4.78 is 59.0. The minimum atomic E-state index is -4.22. The van der Waals surface area contributed by atoms with Gasteiger partial charge in [-0.15, -0.1) is 0 Å². The molecule has 4 rings (SSSR count). The highest BCUT2D eigenvalue weighted by Crippen LogP contribution is 2.43. The van der Waals surface area contributed by atoms with Crippen LogP contribution >= 0.6 is 0 Å². The average Bonchev–Trinajstić information content (AvgIpc) is 3.12. The number of amides is 3. The Labute approximate surface area is 212 Å². The third-order valence-electron chi connectivity index (χ3n) is 7.14. The van der Waals surface area contributed by atoms with Gasteiger partial charge in [0.1, 0.15) is 11.6 Å². The molecule has 3 amide bonds. The zero-order valence-electron chi connectivity index (χ0n) is 20.6. The van der Waals surface area contributed by atoms with Crippen LogP contribution in [-0.4, -0.2) is 41.2 Å². The van der Waals surface area contributed by atoms with Gasteiger partial charge in [0.25, 0.3) is 11.8 Å². The van der Waals surface area contributed by atoms with Crippen LogP contribution in [0.2, 0.25) is 0 Å². The molecular weight excluding hydrogens is 490 g/mol. The Bertz CT molecular complexity index is 1210. The molecule has 2 fully saturated rings. The van der Waals surface area contributed by atoms with Crippen LogP contribution in [-0.2, 0) is 15.5 Å². The number of benzene rings is 2. The molecule has 0 aromatic heterocycles. The maximum absolute atomic E-state index is 15.5. The van der Waals surface area contributed by atoms with Crippen molar-refractivity contribution >= 4 is 23.4 Å². The second-order valence-corrected chi connectivity index (χ2v) is 9.74. The van der Waals surface area contributed by atoms with Crippen molar-refractivity contribution in [3.63, 3.8) is 0 Å². The fourth-order valence-electron chi connectivity index (χ4n) is 5.23. The molecule has 2 aromatic carbocycles. The SMILES string of the molecule is CCCNC(=O)C1C[C@H]2CC[C@@H](C1)N2C(=O)C(F)(F)c1cc(C(=O)Nc2ccc(F)c(C)c2)ccc1F. The Kier molecular flexibility index (Phi) is 7.57. The lowest BCUT2D eigenvalue weighted by Gasteiger charge is -2.40. The van der Waals surface area contributed by atoms with E-state index in [4.69, 9.17) is 0 Å². The minimum Gasteiger partial charge on any atom is -0.356 e. The lowest BCUT2D eigenvalue weighted by molar-refractivity contribution is -0.165. The van der Waals surface area contributed by atoms with Crippen LogP contribution in [0, 0.1) is 24.5 Å². The molecule has 0 radical (unpaired) electrons. The molecule has 2 aliphatic heterocycles. The predicted molar refractivity (Wildman–Crippen MR) is 129 cm³/mol. The van der Waals surface area contributed by atoms with Gasteiger partial charge in [0.2, 0.25) is 5.91 Å². The third kappa shape index (κ3) is 5.33. The first-order valence-electron chi connectivity index (χ1n) is 12.4. The molecule has 198 valence electrons. The highest BCUT2D eigenvalue weighted by Gasteiger charge is 2.54. The molecule has 2 aromatic rings. The van der Waals surface area contributed by atoms with Gasteiger partial charge < -0.3 is 15.5 Å². The number of carbonyl (C=O) groups is 3. The van der Waals surface area contributed by atoms with E-state index in [1.54, 1.807) is 0 Å². The number of carbonyl (C=O) groups excluding carboxylic acids is 3. The Balaban J connectivity index is 1.52. The average molecular weight is 520 g/mol. The fraction of sp³-hybridized carbons (Fsp3) is 0.444. The molecular formula is C27H29F4N3O3. The van der Waals surface area contributed by atoms with Crippen LogP contribution in [0.3, 0.4) is 0 Å². The van der Waals surface area contributed by atoms with E-state index >= 15 is 8.78 Å². The smallest absolute Gasteiger partial charge is 0.352 e. The third-order valence-corrected chi connectivity index (χ3v) is 7.14. The van der Waals surface area contributed by atoms with Gasteiger partial charge in [-0.3, -0.25) is 14.4 Å². The zero-order chi connectivity index (χ0) is 26.9. The molecule has 2 saturated heterocycles. The highest BCUT2D eigenvalue weighted by molar-refractivity contribution is 6.04. The molecule has 2 N–H and O–H groups in total. The number of halogens is 4. The summed E-state index contributed by atoms with van der Waals surface area (Å²) in [5.41, 5.74) is -0.959. The molecule has 2 bridgehead atoms. The van der Waals surface area contributed by atoms with Gasteiger partial charge in [0.05, 0.1) is 5.56 Å². The summed E-state index contributed by atoms with van der Waals surface area (Å²) >= 11 is 0. The van der Waals surface area contributed by atoms with E-state index < -0.39 is 47.0 Å². The maximum atomic E-state index is 15.5. The summed E-state index contributed by atoms with van der Waals surface area (Å²) in [5.74, 6) is -8.84. The van der Waals surface area contributed by atoms with Crippen LogP contribution in [0.25, 0.3) is 0 Å². The van der Waals surface area contributed by atoms with Crippen LogP contribution in [0.5, 0.6) is 0 Å². The summed E-state index contributed by atoms with van der Waals surface area (Å²) in [5, 5.41) is 5.29. The van der Waals surface area contributed by atoms with Crippen molar-refractivity contribution in [2.75, 3.05) is 11.9 Å². The maximum Gasteiger partial charge on any atom is 0.352 e. The molecule has 10 heteroatoms. The predicted octanol–water partition coefficient (Wildman–Crippen LogP) is 4.91. The molecule has 0 aliphatic carbocycles. The number of nitrogens with zero attached hydrogens (tertiary/aromatic N) is 1. The topological polar surface area (TPSA) is 78.5 Å². The van der Waals surface area contributed by atoms with Crippen molar-refractivity contribution in [3.8, 4) is 0 Å². The lowest BCUT2D eigenvalue weighted by Crippen LogP contribution is -2.53. The van der Waals surface area contributed by atoms with Crippen LogP contribution in [0.4, 0.5) is 23.2 Å². The first-order valence-corrected chi connectivity index (χ1v) is 12.4. The molecule has 37 heavy (non-hydrogen) atoms. The number of rotatable bonds is 7. The summed E-state index contributed by atoms with van der Waals surface area (Å²) in [6.07, 6.45) is 2.30. The first kappa shape index (κ1) is 26.6. The number of aryl methyl sites for hydroxylation is 1. The second-order valence-electron chi connectivity index (χ2n) is 9.74. The number of alkyl halides is 2. The van der Waals surface area contributed by atoms with Crippen LogP contribution in [0.1, 0.15) is 60.5 Å². The van der Waals surface area contributed by atoms with E-state index in [2.05, 4.69) is 10.6 Å². The van der Waals surface area contributed by atoms with Crippen LogP contribution in [0.15, 0.2) is 36.4 Å². The van der Waals surface area contributed by atoms with Gasteiger partial charge in [-0.25, -0.2) is 8.78 Å². The summed E-state index contributed by atoms with van der Waals surface area (Å²) in [7, 11) is 0. The molecule has 3 atom stereocenters. The van der Waals surface area contributed by atoms with Crippen molar-refractivity contribution in [1.82, 2.24) is 10.2 Å². The van der Waals surface area contributed by atoms with Gasteiger partial charge in [-0.05, 0) is 81.0 Å². The Hall–Kier alpha value is -3.43. The van der Waals surface area contributed by atoms with Gasteiger partial charge in [0, 0.05) is 35.8 Å². The molecule has 1 unspecified atom stereocenters. The molecule has 6 nitrogen and oxygen atoms in total. The van der Waals surface area contributed by atoms with Crippen LogP contribution < -0.4 is 10.6 Å². The Morgan fingerprint density at radius 1 is 1.00 bits per heavy atom. The van der Waals surface area contributed by atoms with Gasteiger partial charge in [0.15, 0.2) is 0 Å². The minimum absolute atomic E-state index is 0.140. The molecule has 0 saturated carbocycles. The summed E-state index contributed by atoms with van der Waals surface area (Å²) in [6, 6.07) is 5.19. The normalized spacial score (nSPS) is 21.0. The van der Waals surface area contributed by atoms with E-state index in [1.165, 1.54) is 19.1 Å². The fourth-order valence-corrected chi connectivity index (χ4v) is 5.23. The molecule has 2 heterocycles. The number of hydrogen-bond donors (Lipinski definition) is 2. The monoisotopic (exact) mass is 519 g/mol. The first-order chi connectivity index (χ1) is 17.5. The number of anilines is 1. The largest absolute Gasteiger partial charge is 0.356 e. The molecule has 0 spiro atoms. The van der Waals surface area contributed by atoms with Crippen molar-refractivity contribution in [2.45, 2.75) is 64.0 Å². The Morgan fingerprint density at radius 3 is 2.27 bits per heavy atom. The molecule has 2 aliphatic rings. The highest BCUT2D eigenvalue weighted by atomic mass is 19.3. The second kappa shape index (κ2) is 10.5. The lowest BCUT2D eigenvalue weighted by atomic mass is 9.89. The van der Waals surface area contributed by atoms with Gasteiger partial charge >= 0.3 is 5.92 Å². The standard InChI is InChI=1S/C27H29F4N3O3/c1-3-10-32-24(35)17-12-19-6-7-20(13-17)34(19)26(37)27(30,31)21-14-16(4-8-23(21)29)25(36)33-18-5-9-22(28)15(2)11-18/h4-5,8-9,11,14,17,19-20H,3,6-7,10,12-13H2,1-2H3,(H,32,35)(H,33,36)/t17?,19-,20+. The number of fused-ring (bicyclic) bond motifs is 2. The van der Waals surface area contributed by atoms with Crippen molar-refractivity contribution < 1.29 is 31.9 Å². The van der Waals surface area contributed by atoms with E-state index in [1.807, 2.05) is 6.92 Å². The van der Waals surface area contributed by atoms with Crippen molar-refractivity contribution in [2.24, 2.45) is 5.92 Å². The van der Waals surface area contributed by atoms with E-state index in [0.29, 0.717) is 25.5 Å². The quantitative estimate of drug-likeness (QED) is 0.510. The number of nitrogens with one attached hydrogen (secondary N) is 2. The van der Waals surface area contributed by atoms with E-state index in [-0.39, 0.29) is 41.5 Å². The van der Waals surface area contributed by atoms with Crippen molar-refractivity contribution in [1.29, 1.82) is 0 Å². The number of piperidine rings is 1. The van der Waals surface area contributed by atoms with Gasteiger partial charge in [-0.2, -0.15) is 8.78 Å². The Morgan fingerprint density at radius 2 is 1.65 bits per heavy atom. The van der Waals surface area contributed by atoms with E-state index in [0.717, 1.165) is 29.5 Å². The van der Waals surface area contributed by atoms with Gasteiger partial charge in [-0.1, -0.05) is 6.92 Å². The van der Waals surface area contributed by atoms with E-state index in [9.17, 15) is 23.2 Å². The summed E-state index contributed by atoms with van der Waals surface area (Å²) in [6.45, 7) is 3.95. The van der Waals surface area contributed by atoms with Crippen molar-refractivity contribution in [3.05, 3.63) is 64.7 Å². The zero-order valence-corrected chi connectivity index (χ0v) is 20.6. The summed E-state index contributed by atoms with van der Waals surface area (Å²) in [4.78, 5) is 39.3.